The van der Waals surface area contributed by atoms with Gasteiger partial charge in [-0.15, -0.1) is 4.79 Å². The third-order valence-corrected chi connectivity index (χ3v) is 14.9. The number of unbranched alkanes of at least 4 members (excludes halogenated alkanes) is 40. The van der Waals surface area contributed by atoms with E-state index in [0.29, 0.717) is 0 Å². The summed E-state index contributed by atoms with van der Waals surface area (Å²) in [4.78, 5) is 3.20. The van der Waals surface area contributed by atoms with E-state index in [0.717, 1.165) is 38.5 Å². The monoisotopic (exact) mass is 1110 g/mol. The van der Waals surface area contributed by atoms with Crippen LogP contribution in [-0.4, -0.2) is 10.7 Å². The van der Waals surface area contributed by atoms with Crippen molar-refractivity contribution in [2.75, 3.05) is 0 Å². The Morgan fingerprint density at radius 3 is 0.986 bits per heavy atom. The zero-order valence-corrected chi connectivity index (χ0v) is 51.8. The maximum atomic E-state index is 9.17. The first-order valence-corrected chi connectivity index (χ1v) is 32.5. The molecule has 428 valence electrons. The normalized spacial score (nSPS) is 11.1. The molecule has 2 aromatic carbocycles. The molecule has 3 heteroatoms. The Bertz CT molecular complexity index is 1480. The van der Waals surface area contributed by atoms with Crippen molar-refractivity contribution in [2.45, 2.75) is 343 Å². The van der Waals surface area contributed by atoms with Gasteiger partial charge in [0.1, 0.15) is 0 Å². The molecule has 0 fully saturated rings. The van der Waals surface area contributed by atoms with E-state index in [1.54, 1.807) is 0 Å². The van der Waals surface area contributed by atoms with Crippen molar-refractivity contribution >= 4 is 11.4 Å². The molecule has 0 amide bonds. The average molecular weight is 1110 g/mol. The smallest absolute Gasteiger partial charge is 0.348 e. The van der Waals surface area contributed by atoms with Crippen molar-refractivity contribution in [3.63, 3.8) is 0 Å². The first kappa shape index (κ1) is 74.1. The van der Waals surface area contributed by atoms with Gasteiger partial charge in [0.25, 0.3) is 5.87 Å². The Morgan fingerprint density at radius 1 is 0.392 bits per heavy atom. The van der Waals surface area contributed by atoms with Crippen LogP contribution in [-0.2, 0) is 33.3 Å². The van der Waals surface area contributed by atoms with Gasteiger partial charge in [0.05, 0.1) is 6.08 Å². The molecule has 0 unspecified atom stereocenters. The van der Waals surface area contributed by atoms with Gasteiger partial charge in [-0.2, -0.15) is 12.8 Å². The van der Waals surface area contributed by atoms with Crippen molar-refractivity contribution in [1.29, 1.82) is 0 Å². The Balaban J connectivity index is 0. The number of hydrogen-bond acceptors (Lipinski definition) is 0. The fraction of sp³-hybridized carbons (Fsp3) is 0.746. The quantitative estimate of drug-likeness (QED) is 0.0120. The van der Waals surface area contributed by atoms with Gasteiger partial charge in [-0.3, -0.25) is 0 Å². The third kappa shape index (κ3) is 48.4. The summed E-state index contributed by atoms with van der Waals surface area (Å²) < 4.78 is 0. The predicted octanol–water partition coefficient (Wildman–Crippen LogP) is 24.7. The van der Waals surface area contributed by atoms with Crippen LogP contribution in [0.3, 0.4) is 0 Å². The first-order chi connectivity index (χ1) is 36.1. The van der Waals surface area contributed by atoms with Crippen LogP contribution < -0.4 is 0 Å². The SMILES string of the molecule is CCCCCCCCC(C=C=[N+]=[N-])=C(c1cccc(CCCC)c1)c1cccc(CCCCC)c1.[CH2-]CCCCCCCCCCCCCCCCCC.[CH2-]CCCCCCCCCCCCCCCCCC.[Pd+2]. The van der Waals surface area contributed by atoms with E-state index in [-0.39, 0.29) is 20.4 Å². The van der Waals surface area contributed by atoms with Crippen LogP contribution in [0.5, 0.6) is 0 Å². The molecule has 2 aromatic rings. The van der Waals surface area contributed by atoms with E-state index in [4.69, 9.17) is 0 Å². The van der Waals surface area contributed by atoms with Crippen molar-refractivity contribution in [3.8, 4) is 0 Å². The topological polar surface area (TPSA) is 36.4 Å². The van der Waals surface area contributed by atoms with Gasteiger partial charge in [-0.25, -0.2) is 0 Å². The zero-order chi connectivity index (χ0) is 53.2. The first-order valence-electron chi connectivity index (χ1n) is 32.5. The van der Waals surface area contributed by atoms with Crippen LogP contribution in [0.4, 0.5) is 0 Å². The molecule has 0 heterocycles. The molecular formula is C71H124N2Pd. The van der Waals surface area contributed by atoms with Crippen LogP contribution in [0.25, 0.3) is 11.1 Å². The Hall–Kier alpha value is -2.00. The number of benzene rings is 2. The second-order valence-corrected chi connectivity index (χ2v) is 22.1. The summed E-state index contributed by atoms with van der Waals surface area (Å²) in [6.07, 6.45) is 67.4. The predicted molar refractivity (Wildman–Crippen MR) is 331 cm³/mol. The summed E-state index contributed by atoms with van der Waals surface area (Å²) in [5, 5.41) is 0. The molecule has 2 nitrogen and oxygen atoms in total. The van der Waals surface area contributed by atoms with Gasteiger partial charge >= 0.3 is 20.4 Å². The van der Waals surface area contributed by atoms with Gasteiger partial charge in [0, 0.05) is 0 Å². The van der Waals surface area contributed by atoms with Crippen molar-refractivity contribution in [2.24, 2.45) is 0 Å². The molecule has 0 aliphatic carbocycles. The number of rotatable bonds is 49. The van der Waals surface area contributed by atoms with E-state index in [2.05, 4.69) is 108 Å². The van der Waals surface area contributed by atoms with Crippen LogP contribution in [0.2, 0.25) is 0 Å². The summed E-state index contributed by atoms with van der Waals surface area (Å²) in [5.74, 6) is 2.73. The van der Waals surface area contributed by atoms with E-state index >= 15 is 0 Å². The number of nitrogens with zero attached hydrogens (tertiary/aromatic N) is 2. The van der Waals surface area contributed by atoms with E-state index in [1.807, 2.05) is 6.08 Å². The number of allylic oxidation sites excluding steroid dienone is 2. The standard InChI is InChI=1S/C33H46N2.2C19H39.Pd/c1-4-7-10-11-12-14-21-30(24-25-35-34)33(31-22-15-19-28(26-31)17-9-6-3)32-23-16-20-29(27-32)18-13-8-5-2;2*1-3-5-7-9-11-13-15-17-19-18-16-14-12-10-8-6-4-2;/h15-16,19-20,22-24,26-27H,4-14,17-18,21H2,1-3H3;2*1,3-19H2,2H3;/q;2*-1;+2. The minimum atomic E-state index is 0. The molecule has 0 spiro atoms. The summed E-state index contributed by atoms with van der Waals surface area (Å²) >= 11 is 0. The van der Waals surface area contributed by atoms with Crippen LogP contribution in [0, 0.1) is 13.8 Å². The molecular weight excluding hydrogens is 987 g/mol. The minimum Gasteiger partial charge on any atom is -0.348 e. The van der Waals surface area contributed by atoms with Gasteiger partial charge in [0.2, 0.25) is 0 Å². The second-order valence-electron chi connectivity index (χ2n) is 22.1. The van der Waals surface area contributed by atoms with Crippen LogP contribution >= 0.6 is 0 Å². The number of aryl methyl sites for hydroxylation is 2. The van der Waals surface area contributed by atoms with Gasteiger partial charge in [-0.1, -0.05) is 340 Å². The largest absolute Gasteiger partial charge is 2.00 e. The molecule has 0 saturated heterocycles. The van der Waals surface area contributed by atoms with Crippen LogP contribution in [0.1, 0.15) is 352 Å². The summed E-state index contributed by atoms with van der Waals surface area (Å²) in [6.45, 7) is 19.1. The Kier molecular flexibility index (Phi) is 61.9. The number of hydrogen-bond donors (Lipinski definition) is 0. The summed E-state index contributed by atoms with van der Waals surface area (Å²) in [6, 6.07) is 18.1. The molecule has 0 saturated carbocycles. The van der Waals surface area contributed by atoms with E-state index in [9.17, 15) is 5.53 Å². The van der Waals surface area contributed by atoms with Crippen molar-refractivity contribution in [1.82, 2.24) is 0 Å². The summed E-state index contributed by atoms with van der Waals surface area (Å²) in [5.41, 5.74) is 16.9. The molecule has 2 rings (SSSR count). The third-order valence-electron chi connectivity index (χ3n) is 14.9. The van der Waals surface area contributed by atoms with Gasteiger partial charge in [-0.05, 0) is 71.9 Å². The minimum absolute atomic E-state index is 0. The fourth-order valence-electron chi connectivity index (χ4n) is 10.2. The van der Waals surface area contributed by atoms with E-state index < -0.39 is 0 Å². The van der Waals surface area contributed by atoms with Crippen LogP contribution in [0.15, 0.2) is 60.2 Å². The molecule has 0 radical (unpaired) electrons. The molecule has 74 heavy (non-hydrogen) atoms. The molecule has 0 bridgehead atoms. The second kappa shape index (κ2) is 61.9. The molecule has 0 aromatic heterocycles. The fourth-order valence-corrected chi connectivity index (χ4v) is 10.2. The van der Waals surface area contributed by atoms with Crippen molar-refractivity contribution < 1.29 is 25.2 Å². The maximum Gasteiger partial charge on any atom is 2.00 e. The van der Waals surface area contributed by atoms with E-state index in [1.165, 1.54) is 303 Å². The van der Waals surface area contributed by atoms with Crippen molar-refractivity contribution in [3.05, 3.63) is 102 Å². The molecule has 0 N–H and O–H groups in total. The van der Waals surface area contributed by atoms with Gasteiger partial charge < -0.3 is 19.4 Å². The summed E-state index contributed by atoms with van der Waals surface area (Å²) in [7, 11) is 0. The molecule has 0 aliphatic rings. The maximum absolute atomic E-state index is 9.17. The Morgan fingerprint density at radius 2 is 0.676 bits per heavy atom. The molecule has 0 atom stereocenters. The van der Waals surface area contributed by atoms with Gasteiger partial charge in [0.15, 0.2) is 0 Å². The zero-order valence-electron chi connectivity index (χ0n) is 50.3. The average Bonchev–Trinajstić information content (AvgIpc) is 3.41. The molecule has 0 aliphatic heterocycles. The Labute approximate surface area is 478 Å².